The van der Waals surface area contributed by atoms with Crippen LogP contribution in [-0.2, 0) is 4.79 Å². The number of hydrogen-bond donors (Lipinski definition) is 3. The van der Waals surface area contributed by atoms with E-state index in [1.807, 2.05) is 32.9 Å². The summed E-state index contributed by atoms with van der Waals surface area (Å²) in [5.41, 5.74) is 1.42. The molecule has 1 rings (SSSR count). The molecular formula is C18H28N2O3. The van der Waals surface area contributed by atoms with Crippen LogP contribution in [0.25, 0.3) is 0 Å². The third kappa shape index (κ3) is 6.82. The number of aliphatic hydroxyl groups is 1. The van der Waals surface area contributed by atoms with Gasteiger partial charge in [-0.3, -0.25) is 9.59 Å². The topological polar surface area (TPSA) is 78.4 Å². The summed E-state index contributed by atoms with van der Waals surface area (Å²) in [4.78, 5) is 24.1. The maximum absolute atomic E-state index is 12.1. The second kappa shape index (κ2) is 8.67. The highest BCUT2D eigenvalue weighted by molar-refractivity contribution is 5.97. The largest absolute Gasteiger partial charge is 0.396 e. The monoisotopic (exact) mass is 320 g/mol. The van der Waals surface area contributed by atoms with Crippen LogP contribution >= 0.6 is 0 Å². The van der Waals surface area contributed by atoms with Gasteiger partial charge < -0.3 is 15.7 Å². The Morgan fingerprint density at radius 3 is 2.61 bits per heavy atom. The Labute approximate surface area is 138 Å². The van der Waals surface area contributed by atoms with Gasteiger partial charge in [0.1, 0.15) is 6.04 Å². The normalized spacial score (nSPS) is 12.6. The Balaban J connectivity index is 2.38. The predicted octanol–water partition coefficient (Wildman–Crippen LogP) is 2.03. The summed E-state index contributed by atoms with van der Waals surface area (Å²) < 4.78 is 0. The lowest BCUT2D eigenvalue weighted by atomic mass is 9.89. The number of hydrogen-bond acceptors (Lipinski definition) is 3. The van der Waals surface area contributed by atoms with E-state index in [-0.39, 0.29) is 23.8 Å². The van der Waals surface area contributed by atoms with Gasteiger partial charge in [0.05, 0.1) is 0 Å². The fourth-order valence-electron chi connectivity index (χ4n) is 2.14. The molecule has 5 nitrogen and oxygen atoms in total. The number of nitrogens with one attached hydrogen (secondary N) is 2. The second-order valence-corrected chi connectivity index (χ2v) is 6.78. The van der Waals surface area contributed by atoms with Crippen molar-refractivity contribution in [1.82, 2.24) is 10.6 Å². The van der Waals surface area contributed by atoms with Crippen LogP contribution in [0.5, 0.6) is 0 Å². The van der Waals surface area contributed by atoms with E-state index in [4.69, 9.17) is 0 Å². The van der Waals surface area contributed by atoms with Gasteiger partial charge in [-0.1, -0.05) is 31.5 Å². The van der Waals surface area contributed by atoms with Crippen molar-refractivity contribution >= 4 is 11.8 Å². The highest BCUT2D eigenvalue weighted by atomic mass is 16.3. The summed E-state index contributed by atoms with van der Waals surface area (Å²) in [5.74, 6) is -0.453. The molecule has 1 aromatic rings. The van der Waals surface area contributed by atoms with Gasteiger partial charge in [-0.2, -0.15) is 0 Å². The number of rotatable bonds is 8. The van der Waals surface area contributed by atoms with E-state index in [0.29, 0.717) is 12.1 Å². The van der Waals surface area contributed by atoms with Crippen molar-refractivity contribution < 1.29 is 14.7 Å². The average molecular weight is 320 g/mol. The molecule has 0 fully saturated rings. The zero-order valence-electron chi connectivity index (χ0n) is 14.5. The first-order chi connectivity index (χ1) is 10.7. The van der Waals surface area contributed by atoms with Crippen molar-refractivity contribution in [3.05, 3.63) is 35.4 Å². The molecule has 5 heteroatoms. The number of carbonyl (C=O) groups excluding carboxylic acids is 2. The van der Waals surface area contributed by atoms with Gasteiger partial charge in [0.25, 0.3) is 5.91 Å². The zero-order chi connectivity index (χ0) is 17.5. The molecule has 0 aromatic heterocycles. The van der Waals surface area contributed by atoms with Crippen LogP contribution in [0, 0.1) is 12.3 Å². The van der Waals surface area contributed by atoms with E-state index in [1.54, 1.807) is 19.1 Å². The Hall–Kier alpha value is -1.88. The number of benzene rings is 1. The highest BCUT2D eigenvalue weighted by Gasteiger charge is 2.18. The minimum Gasteiger partial charge on any atom is -0.396 e. The average Bonchev–Trinajstić information content (AvgIpc) is 2.51. The Morgan fingerprint density at radius 1 is 1.30 bits per heavy atom. The van der Waals surface area contributed by atoms with Gasteiger partial charge in [-0.25, -0.2) is 0 Å². The van der Waals surface area contributed by atoms with Gasteiger partial charge in [-0.05, 0) is 44.2 Å². The molecule has 0 saturated heterocycles. The van der Waals surface area contributed by atoms with E-state index < -0.39 is 6.04 Å². The first-order valence-corrected chi connectivity index (χ1v) is 8.01. The Bertz CT molecular complexity index is 541. The first kappa shape index (κ1) is 19.2. The van der Waals surface area contributed by atoms with E-state index in [1.165, 1.54) is 0 Å². The zero-order valence-corrected chi connectivity index (χ0v) is 14.5. The molecule has 1 atom stereocenters. The third-order valence-corrected chi connectivity index (χ3v) is 3.78. The SMILES string of the molecule is Cc1cccc(C(=O)NC(C)C(=O)NCCCC(C)(C)CO)c1. The molecular weight excluding hydrogens is 292 g/mol. The van der Waals surface area contributed by atoms with Crippen molar-refractivity contribution in [2.45, 2.75) is 46.6 Å². The molecule has 0 heterocycles. The minimum atomic E-state index is -0.589. The van der Waals surface area contributed by atoms with E-state index in [0.717, 1.165) is 18.4 Å². The molecule has 0 spiro atoms. The molecule has 0 saturated carbocycles. The molecule has 0 aliphatic heterocycles. The van der Waals surface area contributed by atoms with Crippen LogP contribution in [0.3, 0.4) is 0 Å². The number of amides is 2. The number of aryl methyl sites for hydroxylation is 1. The fourth-order valence-corrected chi connectivity index (χ4v) is 2.14. The standard InChI is InChI=1S/C18H28N2O3/c1-13-7-5-8-15(11-13)17(23)20-14(2)16(22)19-10-6-9-18(3,4)12-21/h5,7-8,11,14,21H,6,9-10,12H2,1-4H3,(H,19,22)(H,20,23). The van der Waals surface area contributed by atoms with Gasteiger partial charge >= 0.3 is 0 Å². The number of carbonyl (C=O) groups is 2. The first-order valence-electron chi connectivity index (χ1n) is 8.01. The lowest BCUT2D eigenvalue weighted by Crippen LogP contribution is -2.45. The van der Waals surface area contributed by atoms with Crippen LogP contribution in [-0.4, -0.2) is 36.1 Å². The fraction of sp³-hybridized carbons (Fsp3) is 0.556. The molecule has 0 aliphatic rings. The number of aliphatic hydroxyl groups excluding tert-OH is 1. The summed E-state index contributed by atoms with van der Waals surface area (Å²) in [6, 6.07) is 6.66. The van der Waals surface area contributed by atoms with Crippen molar-refractivity contribution in [3.8, 4) is 0 Å². The summed E-state index contributed by atoms with van der Waals surface area (Å²) in [7, 11) is 0. The molecule has 1 unspecified atom stereocenters. The molecule has 1 aromatic carbocycles. The van der Waals surface area contributed by atoms with E-state index in [9.17, 15) is 14.7 Å². The summed E-state index contributed by atoms with van der Waals surface area (Å²) in [5, 5.41) is 14.7. The van der Waals surface area contributed by atoms with Crippen LogP contribution in [0.2, 0.25) is 0 Å². The maximum Gasteiger partial charge on any atom is 0.251 e. The molecule has 0 aliphatic carbocycles. The quantitative estimate of drug-likeness (QED) is 0.641. The lowest BCUT2D eigenvalue weighted by Gasteiger charge is -2.21. The molecule has 0 bridgehead atoms. The summed E-state index contributed by atoms with van der Waals surface area (Å²) in [6.45, 7) is 8.22. The Kier molecular flexibility index (Phi) is 7.23. The molecule has 23 heavy (non-hydrogen) atoms. The second-order valence-electron chi connectivity index (χ2n) is 6.78. The van der Waals surface area contributed by atoms with Crippen molar-refractivity contribution in [3.63, 3.8) is 0 Å². The lowest BCUT2D eigenvalue weighted by molar-refractivity contribution is -0.122. The molecule has 128 valence electrons. The smallest absolute Gasteiger partial charge is 0.251 e. The summed E-state index contributed by atoms with van der Waals surface area (Å²) >= 11 is 0. The van der Waals surface area contributed by atoms with Crippen LogP contribution in [0.4, 0.5) is 0 Å². The van der Waals surface area contributed by atoms with Crippen LogP contribution < -0.4 is 10.6 Å². The van der Waals surface area contributed by atoms with E-state index >= 15 is 0 Å². The molecule has 3 N–H and O–H groups in total. The summed E-state index contributed by atoms with van der Waals surface area (Å²) in [6.07, 6.45) is 1.62. The maximum atomic E-state index is 12.1. The van der Waals surface area contributed by atoms with Crippen molar-refractivity contribution in [1.29, 1.82) is 0 Å². The Morgan fingerprint density at radius 2 is 2.00 bits per heavy atom. The molecule has 2 amide bonds. The van der Waals surface area contributed by atoms with Crippen LogP contribution in [0.1, 0.15) is 49.5 Å². The van der Waals surface area contributed by atoms with Gasteiger partial charge in [0, 0.05) is 18.7 Å². The third-order valence-electron chi connectivity index (χ3n) is 3.78. The van der Waals surface area contributed by atoms with Gasteiger partial charge in [0.15, 0.2) is 0 Å². The van der Waals surface area contributed by atoms with Gasteiger partial charge in [0.2, 0.25) is 5.91 Å². The highest BCUT2D eigenvalue weighted by Crippen LogP contribution is 2.20. The van der Waals surface area contributed by atoms with Crippen molar-refractivity contribution in [2.75, 3.05) is 13.2 Å². The minimum absolute atomic E-state index is 0.129. The van der Waals surface area contributed by atoms with Gasteiger partial charge in [-0.15, -0.1) is 0 Å². The van der Waals surface area contributed by atoms with E-state index in [2.05, 4.69) is 10.6 Å². The van der Waals surface area contributed by atoms with Crippen LogP contribution in [0.15, 0.2) is 24.3 Å². The molecule has 0 radical (unpaired) electrons. The predicted molar refractivity (Wildman–Crippen MR) is 91.2 cm³/mol. The van der Waals surface area contributed by atoms with Crippen molar-refractivity contribution in [2.24, 2.45) is 5.41 Å².